The predicted octanol–water partition coefficient (Wildman–Crippen LogP) is 2.02. The number of amidine groups is 1. The van der Waals surface area contributed by atoms with Crippen molar-refractivity contribution in [3.8, 4) is 5.75 Å². The van der Waals surface area contributed by atoms with Crippen LogP contribution >= 0.6 is 11.6 Å². The first-order valence-electron chi connectivity index (χ1n) is 9.49. The number of amides is 1. The molecule has 1 aromatic carbocycles. The number of methoxy groups -OCH3 is 1. The largest absolute Gasteiger partial charge is 0.497 e. The number of fused-ring (bicyclic) bond motifs is 1. The van der Waals surface area contributed by atoms with Crippen molar-refractivity contribution in [3.05, 3.63) is 40.7 Å². The molecule has 148 valence electrons. The van der Waals surface area contributed by atoms with Gasteiger partial charge in [0.1, 0.15) is 17.4 Å². The lowest BCUT2D eigenvalue weighted by Crippen LogP contribution is -2.49. The van der Waals surface area contributed by atoms with E-state index in [1.807, 2.05) is 29.4 Å². The van der Waals surface area contributed by atoms with Gasteiger partial charge in [0.05, 0.1) is 32.5 Å². The van der Waals surface area contributed by atoms with Crippen molar-refractivity contribution in [1.29, 1.82) is 0 Å². The smallest absolute Gasteiger partial charge is 0.227 e. The minimum Gasteiger partial charge on any atom is -0.497 e. The van der Waals surface area contributed by atoms with Crippen molar-refractivity contribution in [1.82, 2.24) is 14.7 Å². The summed E-state index contributed by atoms with van der Waals surface area (Å²) in [5, 5.41) is 0.559. The molecular formula is C20H24ClN5O2. The second-order valence-corrected chi connectivity index (χ2v) is 7.61. The summed E-state index contributed by atoms with van der Waals surface area (Å²) < 4.78 is 5.16. The van der Waals surface area contributed by atoms with Gasteiger partial charge in [-0.1, -0.05) is 17.7 Å². The van der Waals surface area contributed by atoms with Gasteiger partial charge in [0.2, 0.25) is 5.91 Å². The lowest BCUT2D eigenvalue weighted by molar-refractivity contribution is -0.131. The van der Waals surface area contributed by atoms with Crippen molar-refractivity contribution < 1.29 is 9.53 Å². The Morgan fingerprint density at radius 3 is 2.79 bits per heavy atom. The zero-order chi connectivity index (χ0) is 19.7. The number of halogens is 1. The first-order chi connectivity index (χ1) is 13.5. The fourth-order valence-electron chi connectivity index (χ4n) is 3.62. The summed E-state index contributed by atoms with van der Waals surface area (Å²) in [6, 6.07) is 5.80. The summed E-state index contributed by atoms with van der Waals surface area (Å²) in [5.74, 6) is 2.68. The Balaban J connectivity index is 1.34. The fourth-order valence-corrected chi connectivity index (χ4v) is 3.86. The third kappa shape index (κ3) is 3.71. The predicted molar refractivity (Wildman–Crippen MR) is 110 cm³/mol. The first kappa shape index (κ1) is 18.8. The van der Waals surface area contributed by atoms with Crippen LogP contribution in [0.15, 0.2) is 40.1 Å². The third-order valence-electron chi connectivity index (χ3n) is 5.39. The quantitative estimate of drug-likeness (QED) is 0.774. The van der Waals surface area contributed by atoms with E-state index in [0.717, 1.165) is 36.9 Å². The minimum atomic E-state index is 0.0907. The molecule has 4 rings (SSSR count). The number of carbonyl (C=O) groups excluding carboxylic acids is 1. The van der Waals surface area contributed by atoms with Crippen LogP contribution in [0, 0.1) is 0 Å². The van der Waals surface area contributed by atoms with Crippen molar-refractivity contribution in [2.24, 2.45) is 9.98 Å². The molecule has 1 fully saturated rings. The average molecular weight is 402 g/mol. The van der Waals surface area contributed by atoms with Gasteiger partial charge in [-0.2, -0.15) is 0 Å². The molecule has 0 saturated carbocycles. The number of benzene rings is 1. The highest BCUT2D eigenvalue weighted by Crippen LogP contribution is 2.24. The molecule has 8 heteroatoms. The van der Waals surface area contributed by atoms with E-state index in [4.69, 9.17) is 16.3 Å². The number of carbonyl (C=O) groups is 1. The molecule has 7 nitrogen and oxygen atoms in total. The van der Waals surface area contributed by atoms with Gasteiger partial charge in [-0.25, -0.2) is 4.99 Å². The summed E-state index contributed by atoms with van der Waals surface area (Å²) in [6.45, 7) is 5.81. The SMILES string of the molecule is COc1ccc(CC(=O)N2CCN(C3=CC4=NC[C@H](C)N4C=N3)CC2)c(Cl)c1. The highest BCUT2D eigenvalue weighted by molar-refractivity contribution is 6.31. The monoisotopic (exact) mass is 401 g/mol. The highest BCUT2D eigenvalue weighted by Gasteiger charge is 2.28. The Labute approximate surface area is 169 Å². The third-order valence-corrected chi connectivity index (χ3v) is 5.74. The maximum Gasteiger partial charge on any atom is 0.227 e. The zero-order valence-electron chi connectivity index (χ0n) is 16.1. The number of hydrogen-bond acceptors (Lipinski definition) is 6. The molecule has 0 radical (unpaired) electrons. The van der Waals surface area contributed by atoms with Crippen LogP contribution in [-0.2, 0) is 11.2 Å². The molecule has 1 saturated heterocycles. The van der Waals surface area contributed by atoms with Crippen molar-refractivity contribution >= 4 is 29.7 Å². The normalized spacial score (nSPS) is 21.4. The Hall–Kier alpha value is -2.54. The second kappa shape index (κ2) is 7.83. The van der Waals surface area contributed by atoms with E-state index in [1.165, 1.54) is 0 Å². The molecular weight excluding hydrogens is 378 g/mol. The standard InChI is InChI=1S/C20H24ClN5O2/c1-14-12-22-19-11-18(23-13-26(14)19)24-5-7-25(8-6-24)20(27)9-15-3-4-16(28-2)10-17(15)21/h3-4,10-11,13-14H,5-9,12H2,1-2H3/t14-/m0/s1. The van der Waals surface area contributed by atoms with E-state index >= 15 is 0 Å². The Morgan fingerprint density at radius 2 is 2.07 bits per heavy atom. The van der Waals surface area contributed by atoms with E-state index in [0.29, 0.717) is 36.3 Å². The molecule has 0 aromatic heterocycles. The van der Waals surface area contributed by atoms with Crippen LogP contribution in [0.2, 0.25) is 5.02 Å². The van der Waals surface area contributed by atoms with Gasteiger partial charge in [-0.3, -0.25) is 9.79 Å². The van der Waals surface area contributed by atoms with Crippen molar-refractivity contribution in [3.63, 3.8) is 0 Å². The van der Waals surface area contributed by atoms with Crippen LogP contribution in [-0.4, -0.2) is 78.7 Å². The number of aliphatic imine (C=N–C) groups is 2. The van der Waals surface area contributed by atoms with Gasteiger partial charge in [0.15, 0.2) is 0 Å². The molecule has 3 aliphatic heterocycles. The lowest BCUT2D eigenvalue weighted by Gasteiger charge is -2.37. The van der Waals surface area contributed by atoms with Crippen LogP contribution in [0.3, 0.4) is 0 Å². The van der Waals surface area contributed by atoms with Crippen molar-refractivity contribution in [2.75, 3.05) is 39.8 Å². The summed E-state index contributed by atoms with van der Waals surface area (Å²) in [4.78, 5) is 28.0. The maximum absolute atomic E-state index is 12.7. The Morgan fingerprint density at radius 1 is 1.29 bits per heavy atom. The van der Waals surface area contributed by atoms with Gasteiger partial charge in [-0.15, -0.1) is 0 Å². The van der Waals surface area contributed by atoms with Gasteiger partial charge >= 0.3 is 0 Å². The van der Waals surface area contributed by atoms with Crippen LogP contribution in [0.5, 0.6) is 5.75 Å². The average Bonchev–Trinajstić information content (AvgIpc) is 3.09. The summed E-state index contributed by atoms with van der Waals surface area (Å²) >= 11 is 6.27. The van der Waals surface area contributed by atoms with E-state index < -0.39 is 0 Å². The van der Waals surface area contributed by atoms with E-state index in [9.17, 15) is 4.79 Å². The van der Waals surface area contributed by atoms with Crippen LogP contribution in [0.4, 0.5) is 0 Å². The summed E-state index contributed by atoms with van der Waals surface area (Å²) in [6.07, 6.45) is 4.21. The molecule has 0 unspecified atom stereocenters. The van der Waals surface area contributed by atoms with E-state index in [-0.39, 0.29) is 5.91 Å². The number of piperazine rings is 1. The molecule has 0 N–H and O–H groups in total. The molecule has 0 bridgehead atoms. The number of ether oxygens (including phenoxy) is 1. The van der Waals surface area contributed by atoms with Crippen LogP contribution in [0.1, 0.15) is 12.5 Å². The molecule has 0 spiro atoms. The Bertz CT molecular complexity index is 858. The van der Waals surface area contributed by atoms with Gasteiger partial charge in [-0.05, 0) is 24.6 Å². The minimum absolute atomic E-state index is 0.0907. The molecule has 0 aliphatic carbocycles. The zero-order valence-corrected chi connectivity index (χ0v) is 16.9. The molecule has 1 atom stereocenters. The van der Waals surface area contributed by atoms with Crippen molar-refractivity contribution in [2.45, 2.75) is 19.4 Å². The maximum atomic E-state index is 12.7. The fraction of sp³-hybridized carbons (Fsp3) is 0.450. The van der Waals surface area contributed by atoms with Crippen LogP contribution < -0.4 is 4.74 Å². The second-order valence-electron chi connectivity index (χ2n) is 7.20. The number of hydrogen-bond donors (Lipinski definition) is 0. The topological polar surface area (TPSA) is 60.7 Å². The van der Waals surface area contributed by atoms with E-state index in [2.05, 4.69) is 26.7 Å². The first-order valence-corrected chi connectivity index (χ1v) is 9.87. The molecule has 3 aliphatic rings. The van der Waals surface area contributed by atoms with Gasteiger partial charge < -0.3 is 19.4 Å². The van der Waals surface area contributed by atoms with E-state index in [1.54, 1.807) is 13.2 Å². The summed E-state index contributed by atoms with van der Waals surface area (Å²) in [7, 11) is 1.60. The van der Waals surface area contributed by atoms with Gasteiger partial charge in [0.25, 0.3) is 0 Å². The molecule has 3 heterocycles. The molecule has 1 aromatic rings. The van der Waals surface area contributed by atoms with Crippen LogP contribution in [0.25, 0.3) is 0 Å². The number of rotatable bonds is 4. The summed E-state index contributed by atoms with van der Waals surface area (Å²) in [5.41, 5.74) is 0.822. The molecule has 28 heavy (non-hydrogen) atoms. The van der Waals surface area contributed by atoms with Gasteiger partial charge in [0, 0.05) is 37.3 Å². The highest BCUT2D eigenvalue weighted by atomic mass is 35.5. The Kier molecular flexibility index (Phi) is 5.26. The molecule has 1 amide bonds. The number of nitrogens with zero attached hydrogens (tertiary/aromatic N) is 5. The lowest BCUT2D eigenvalue weighted by atomic mass is 10.1.